The zero-order chi connectivity index (χ0) is 35.9. The minimum Gasteiger partial charge on any atom is -0.490 e. The molecule has 15 heteroatoms. The molecule has 53 heavy (non-hydrogen) atoms. The molecule has 1 aliphatic carbocycles. The molecule has 6 rings (SSSR count). The number of aromatic nitrogens is 2. The lowest BCUT2D eigenvalue weighted by molar-refractivity contribution is -0.122. The number of benzene rings is 3. The Bertz CT molecular complexity index is 1920. The number of carbonyl (C=O) groups excluding carboxylic acids is 2. The average Bonchev–Trinajstić information content (AvgIpc) is 3.47. The maximum absolute atomic E-state index is 14.2. The van der Waals surface area contributed by atoms with E-state index < -0.39 is 5.97 Å². The third-order valence-corrected chi connectivity index (χ3v) is 9.48. The summed E-state index contributed by atoms with van der Waals surface area (Å²) in [5.41, 5.74) is 8.43. The fraction of sp³-hybridized carbons (Fsp3) is 0.368. The maximum Gasteiger partial charge on any atom is 0.335 e. The van der Waals surface area contributed by atoms with Crippen molar-refractivity contribution in [2.24, 2.45) is 10.8 Å². The largest absolute Gasteiger partial charge is 0.490 e. The van der Waals surface area contributed by atoms with Crippen molar-refractivity contribution in [1.29, 1.82) is 5.41 Å². The summed E-state index contributed by atoms with van der Waals surface area (Å²) in [5.74, 6) is -0.574. The number of anilines is 1. The third-order valence-electron chi connectivity index (χ3n) is 9.48. The van der Waals surface area contributed by atoms with E-state index in [9.17, 15) is 19.5 Å². The zero-order valence-electron chi connectivity index (χ0n) is 29.6. The summed E-state index contributed by atoms with van der Waals surface area (Å²) in [5, 5.41) is 26.9. The van der Waals surface area contributed by atoms with Crippen molar-refractivity contribution in [3.8, 4) is 5.75 Å². The van der Waals surface area contributed by atoms with Crippen LogP contribution >= 0.6 is 24.8 Å². The van der Waals surface area contributed by atoms with Crippen LogP contribution in [-0.4, -0.2) is 74.7 Å². The molecule has 2 amide bonds. The van der Waals surface area contributed by atoms with Crippen LogP contribution in [0.3, 0.4) is 0 Å². The Balaban J connectivity index is 0.00000314. The second-order valence-electron chi connectivity index (χ2n) is 13.0. The molecule has 1 aromatic heterocycles. The highest BCUT2D eigenvalue weighted by Gasteiger charge is 2.25. The smallest absolute Gasteiger partial charge is 0.335 e. The first-order valence-corrected chi connectivity index (χ1v) is 17.5. The molecular formula is C38H46Cl2N8O5. The molecule has 0 bridgehead atoms. The Morgan fingerprint density at radius 1 is 0.962 bits per heavy atom. The van der Waals surface area contributed by atoms with Crippen molar-refractivity contribution in [1.82, 2.24) is 19.9 Å². The SMILES string of the molecule is C/C=N/N1CCC(Oc2ccc(N(Cc3nc4cc(C(=N)N)ccc4n3CC(=O)NC3CCCCC3)C(=O)c3ccc(C(=O)O)cc3)cc2)CC1.Cl.Cl. The maximum atomic E-state index is 14.2. The summed E-state index contributed by atoms with van der Waals surface area (Å²) in [7, 11) is 0. The van der Waals surface area contributed by atoms with Crippen molar-refractivity contribution < 1.29 is 24.2 Å². The highest BCUT2D eigenvalue weighted by molar-refractivity contribution is 6.06. The number of piperidine rings is 1. The number of nitrogens with zero attached hydrogens (tertiary/aromatic N) is 5. The number of carboxylic acids is 1. The minimum atomic E-state index is -1.09. The fourth-order valence-corrected chi connectivity index (χ4v) is 6.78. The number of halogens is 2. The first kappa shape index (κ1) is 40.6. The van der Waals surface area contributed by atoms with Crippen LogP contribution in [0.2, 0.25) is 0 Å². The molecule has 1 saturated carbocycles. The molecule has 2 heterocycles. The number of amidine groups is 1. The summed E-state index contributed by atoms with van der Waals surface area (Å²) in [4.78, 5) is 45.6. The molecule has 5 N–H and O–H groups in total. The Hall–Kier alpha value is -5.14. The van der Waals surface area contributed by atoms with Gasteiger partial charge in [-0.05, 0) is 86.5 Å². The van der Waals surface area contributed by atoms with Gasteiger partial charge in [0.1, 0.15) is 30.1 Å². The molecule has 0 atom stereocenters. The Morgan fingerprint density at radius 3 is 2.23 bits per heavy atom. The summed E-state index contributed by atoms with van der Waals surface area (Å²) in [6.45, 7) is 3.51. The molecule has 1 saturated heterocycles. The molecular weight excluding hydrogens is 719 g/mol. The lowest BCUT2D eigenvalue weighted by Gasteiger charge is -2.30. The van der Waals surface area contributed by atoms with Gasteiger partial charge in [0.25, 0.3) is 5.91 Å². The highest BCUT2D eigenvalue weighted by Crippen LogP contribution is 2.28. The number of carbonyl (C=O) groups is 3. The number of aromatic carboxylic acids is 1. The molecule has 2 fully saturated rings. The number of imidazole rings is 1. The standard InChI is InChI=1S/C38H44N8O5.2ClH/c1-2-41-44-20-18-31(19-21-44)51-30-15-13-29(14-16-30)45(37(48)25-8-10-26(11-9-25)38(49)50)23-34-43-32-22-27(36(39)40)12-17-33(32)46(34)24-35(47)42-28-6-4-3-5-7-28;;/h2,8-17,22,28,31H,3-7,18-21,23-24H2,1H3,(H3,39,40)(H,42,47)(H,49,50);2*1H/b41-2+;;. The van der Waals surface area contributed by atoms with Crippen LogP contribution in [0.5, 0.6) is 5.75 Å². The van der Waals surface area contributed by atoms with Crippen LogP contribution < -0.4 is 20.7 Å². The van der Waals surface area contributed by atoms with Crippen molar-refractivity contribution >= 4 is 71.4 Å². The van der Waals surface area contributed by atoms with E-state index >= 15 is 0 Å². The first-order chi connectivity index (χ1) is 24.7. The topological polar surface area (TPSA) is 179 Å². The number of hydrogen-bond acceptors (Lipinski definition) is 8. The van der Waals surface area contributed by atoms with E-state index in [1.807, 2.05) is 36.2 Å². The molecule has 1 aliphatic heterocycles. The summed E-state index contributed by atoms with van der Waals surface area (Å²) >= 11 is 0. The molecule has 4 aromatic rings. The summed E-state index contributed by atoms with van der Waals surface area (Å²) in [6, 6.07) is 18.4. The van der Waals surface area contributed by atoms with Crippen LogP contribution in [0, 0.1) is 5.41 Å². The summed E-state index contributed by atoms with van der Waals surface area (Å²) < 4.78 is 8.09. The van der Waals surface area contributed by atoms with Crippen molar-refractivity contribution in [3.05, 3.63) is 89.2 Å². The third kappa shape index (κ3) is 10.1. The number of hydrogen-bond donors (Lipinski definition) is 4. The van der Waals surface area contributed by atoms with Crippen LogP contribution in [0.25, 0.3) is 11.0 Å². The van der Waals surface area contributed by atoms with Gasteiger partial charge in [-0.3, -0.25) is 20.0 Å². The van der Waals surface area contributed by atoms with Gasteiger partial charge in [0.05, 0.1) is 23.1 Å². The van der Waals surface area contributed by atoms with Crippen LogP contribution in [0.1, 0.15) is 84.0 Å². The van der Waals surface area contributed by atoms with E-state index in [1.165, 1.54) is 30.7 Å². The molecule has 3 aromatic carbocycles. The lowest BCUT2D eigenvalue weighted by Crippen LogP contribution is -2.39. The normalized spacial score (nSPS) is 15.0. The van der Waals surface area contributed by atoms with E-state index in [0.29, 0.717) is 39.4 Å². The lowest BCUT2D eigenvalue weighted by atomic mass is 9.95. The molecule has 2 aliphatic rings. The molecule has 0 radical (unpaired) electrons. The number of nitrogen functional groups attached to an aromatic ring is 1. The first-order valence-electron chi connectivity index (χ1n) is 17.5. The molecule has 282 valence electrons. The van der Waals surface area contributed by atoms with Gasteiger partial charge in [0.2, 0.25) is 5.91 Å². The van der Waals surface area contributed by atoms with Crippen LogP contribution in [0.4, 0.5) is 5.69 Å². The number of fused-ring (bicyclic) bond motifs is 1. The minimum absolute atomic E-state index is 0. The Morgan fingerprint density at radius 2 is 1.60 bits per heavy atom. The van der Waals surface area contributed by atoms with Crippen LogP contribution in [-0.2, 0) is 17.9 Å². The van der Waals surface area contributed by atoms with Crippen molar-refractivity contribution in [3.63, 3.8) is 0 Å². The summed E-state index contributed by atoms with van der Waals surface area (Å²) in [6.07, 6.45) is 8.74. The van der Waals surface area contributed by atoms with Gasteiger partial charge < -0.3 is 30.4 Å². The predicted molar refractivity (Wildman–Crippen MR) is 210 cm³/mol. The quantitative estimate of drug-likeness (QED) is 0.100. The average molecular weight is 766 g/mol. The zero-order valence-corrected chi connectivity index (χ0v) is 31.2. The fourth-order valence-electron chi connectivity index (χ4n) is 6.78. The Kier molecular flexibility index (Phi) is 14.2. The van der Waals surface area contributed by atoms with Gasteiger partial charge >= 0.3 is 5.97 Å². The predicted octanol–water partition coefficient (Wildman–Crippen LogP) is 6.01. The molecule has 13 nitrogen and oxygen atoms in total. The van der Waals surface area contributed by atoms with E-state index in [-0.39, 0.29) is 73.3 Å². The van der Waals surface area contributed by atoms with Gasteiger partial charge in [-0.1, -0.05) is 19.3 Å². The van der Waals surface area contributed by atoms with E-state index in [2.05, 4.69) is 10.4 Å². The number of nitrogens with two attached hydrogens (primary N) is 1. The number of nitrogens with one attached hydrogen (secondary N) is 2. The van der Waals surface area contributed by atoms with Crippen LogP contribution in [0.15, 0.2) is 71.8 Å². The van der Waals surface area contributed by atoms with Crippen molar-refractivity contribution in [2.75, 3.05) is 18.0 Å². The second kappa shape index (κ2) is 18.6. The highest BCUT2D eigenvalue weighted by atomic mass is 35.5. The Labute approximate surface area is 320 Å². The van der Waals surface area contributed by atoms with Gasteiger partial charge in [0, 0.05) is 55.0 Å². The number of ether oxygens (including phenoxy) is 1. The number of carboxylic acid groups (broad SMARTS) is 1. The van der Waals surface area contributed by atoms with Gasteiger partial charge in [-0.25, -0.2) is 9.78 Å². The van der Waals surface area contributed by atoms with Crippen molar-refractivity contribution in [2.45, 2.75) is 77.1 Å². The van der Waals surface area contributed by atoms with Gasteiger partial charge in [-0.15, -0.1) is 24.8 Å². The number of hydrazone groups is 1. The van der Waals surface area contributed by atoms with E-state index in [0.717, 1.165) is 51.6 Å². The number of amides is 2. The van der Waals surface area contributed by atoms with Gasteiger partial charge in [-0.2, -0.15) is 5.10 Å². The number of rotatable bonds is 12. The second-order valence-corrected chi connectivity index (χ2v) is 13.0. The van der Waals surface area contributed by atoms with E-state index in [1.54, 1.807) is 33.9 Å². The van der Waals surface area contributed by atoms with E-state index in [4.69, 9.17) is 20.9 Å². The molecule has 0 spiro atoms. The monoisotopic (exact) mass is 764 g/mol. The molecule has 0 unspecified atom stereocenters. The van der Waals surface area contributed by atoms with Gasteiger partial charge in [0.15, 0.2) is 0 Å².